The highest BCUT2D eigenvalue weighted by atomic mass is 16.4. The Bertz CT molecular complexity index is 442. The molecule has 0 spiro atoms. The molecule has 0 amide bonds. The Morgan fingerprint density at radius 2 is 2.06 bits per heavy atom. The van der Waals surface area contributed by atoms with E-state index in [1.165, 1.54) is 0 Å². The van der Waals surface area contributed by atoms with Gasteiger partial charge in [-0.1, -0.05) is 0 Å². The molecule has 0 aliphatic carbocycles. The molecular weight excluding hydrogens is 220 g/mol. The maximum absolute atomic E-state index is 11.2. The number of aromatic nitrogens is 1. The van der Waals surface area contributed by atoms with Crippen LogP contribution in [0.15, 0.2) is 6.07 Å². The van der Waals surface area contributed by atoms with Crippen molar-refractivity contribution in [1.82, 2.24) is 4.98 Å². The number of anilines is 1. The number of aryl methyl sites for hydroxylation is 2. The number of nitrogens with one attached hydrogen (secondary N) is 1. The molecule has 5 nitrogen and oxygen atoms in total. The number of carboxylic acid groups (broad SMARTS) is 1. The summed E-state index contributed by atoms with van der Waals surface area (Å²) in [5, 5.41) is 21.3. The van der Waals surface area contributed by atoms with Crippen LogP contribution in [0.1, 0.15) is 35.5 Å². The van der Waals surface area contributed by atoms with Gasteiger partial charge in [-0.2, -0.15) is 0 Å². The molecule has 0 bridgehead atoms. The molecule has 3 N–H and O–H groups in total. The fourth-order valence-electron chi connectivity index (χ4n) is 1.56. The maximum Gasteiger partial charge on any atom is 0.339 e. The monoisotopic (exact) mass is 238 g/mol. The second-order valence-corrected chi connectivity index (χ2v) is 4.78. The van der Waals surface area contributed by atoms with E-state index in [-0.39, 0.29) is 12.2 Å². The van der Waals surface area contributed by atoms with Crippen LogP contribution in [0.25, 0.3) is 0 Å². The third-order valence-corrected chi connectivity index (χ3v) is 2.41. The molecule has 0 fully saturated rings. The van der Waals surface area contributed by atoms with Gasteiger partial charge in [-0.3, -0.25) is 0 Å². The summed E-state index contributed by atoms with van der Waals surface area (Å²) in [7, 11) is 0. The lowest BCUT2D eigenvalue weighted by molar-refractivity contribution is 0.0696. The van der Waals surface area contributed by atoms with Crippen molar-refractivity contribution >= 4 is 11.8 Å². The molecule has 0 saturated carbocycles. The Kier molecular flexibility index (Phi) is 3.72. The van der Waals surface area contributed by atoms with Crippen LogP contribution in [-0.4, -0.2) is 33.3 Å². The Morgan fingerprint density at radius 1 is 1.47 bits per heavy atom. The van der Waals surface area contributed by atoms with Crippen molar-refractivity contribution in [1.29, 1.82) is 0 Å². The summed E-state index contributed by atoms with van der Waals surface area (Å²) >= 11 is 0. The summed E-state index contributed by atoms with van der Waals surface area (Å²) in [6, 6.07) is 1.72. The van der Waals surface area contributed by atoms with Crippen LogP contribution in [0.2, 0.25) is 0 Å². The summed E-state index contributed by atoms with van der Waals surface area (Å²) < 4.78 is 0. The largest absolute Gasteiger partial charge is 0.478 e. The van der Waals surface area contributed by atoms with E-state index in [1.54, 1.807) is 33.8 Å². The van der Waals surface area contributed by atoms with Gasteiger partial charge in [0, 0.05) is 5.69 Å². The number of nitrogens with zero attached hydrogens (tertiary/aromatic N) is 1. The fraction of sp³-hybridized carbons (Fsp3) is 0.500. The summed E-state index contributed by atoms with van der Waals surface area (Å²) in [5.74, 6) is -0.722. The van der Waals surface area contributed by atoms with Gasteiger partial charge in [0.2, 0.25) is 0 Å². The lowest BCUT2D eigenvalue weighted by Gasteiger charge is -2.25. The SMILES string of the molecule is Cc1cc(C)c(C(=O)O)c(NC(C)(C)CO)n1. The van der Waals surface area contributed by atoms with Crippen molar-refractivity contribution in [2.45, 2.75) is 33.2 Å². The van der Waals surface area contributed by atoms with Gasteiger partial charge in [0.25, 0.3) is 0 Å². The Hall–Kier alpha value is -1.62. The van der Waals surface area contributed by atoms with Crippen LogP contribution in [0.3, 0.4) is 0 Å². The number of aromatic carboxylic acids is 1. The van der Waals surface area contributed by atoms with E-state index < -0.39 is 11.5 Å². The number of pyridine rings is 1. The first-order chi connectivity index (χ1) is 7.76. The predicted molar refractivity (Wildman–Crippen MR) is 65.5 cm³/mol. The van der Waals surface area contributed by atoms with Crippen LogP contribution in [-0.2, 0) is 0 Å². The molecule has 1 aromatic rings. The zero-order valence-corrected chi connectivity index (χ0v) is 10.5. The van der Waals surface area contributed by atoms with E-state index in [2.05, 4.69) is 10.3 Å². The molecule has 5 heteroatoms. The molecule has 1 heterocycles. The normalized spacial score (nSPS) is 11.4. The molecule has 0 saturated heterocycles. The minimum atomic E-state index is -1.02. The minimum Gasteiger partial charge on any atom is -0.478 e. The van der Waals surface area contributed by atoms with E-state index in [4.69, 9.17) is 5.11 Å². The Morgan fingerprint density at radius 3 is 2.53 bits per heavy atom. The molecule has 0 radical (unpaired) electrons. The molecule has 0 aromatic carbocycles. The summed E-state index contributed by atoms with van der Waals surface area (Å²) in [6.07, 6.45) is 0. The Labute approximate surface area is 101 Å². The third kappa shape index (κ3) is 3.17. The molecule has 1 rings (SSSR count). The van der Waals surface area contributed by atoms with Gasteiger partial charge in [0.05, 0.1) is 12.1 Å². The van der Waals surface area contributed by atoms with Gasteiger partial charge in [0.15, 0.2) is 0 Å². The second-order valence-electron chi connectivity index (χ2n) is 4.78. The molecule has 0 unspecified atom stereocenters. The molecule has 0 atom stereocenters. The van der Waals surface area contributed by atoms with Crippen molar-refractivity contribution < 1.29 is 15.0 Å². The lowest BCUT2D eigenvalue weighted by Crippen LogP contribution is -2.36. The quantitative estimate of drug-likeness (QED) is 0.741. The number of hydrogen-bond acceptors (Lipinski definition) is 4. The van der Waals surface area contributed by atoms with Gasteiger partial charge in [-0.15, -0.1) is 0 Å². The van der Waals surface area contributed by atoms with E-state index in [0.717, 1.165) is 5.69 Å². The Balaban J connectivity index is 3.26. The number of carboxylic acids is 1. The molecular formula is C12H18N2O3. The number of carbonyl (C=O) groups is 1. The van der Waals surface area contributed by atoms with Crippen molar-refractivity contribution in [3.8, 4) is 0 Å². The highest BCUT2D eigenvalue weighted by molar-refractivity contribution is 5.95. The second kappa shape index (κ2) is 4.71. The molecule has 0 aliphatic rings. The van der Waals surface area contributed by atoms with Crippen LogP contribution in [0, 0.1) is 13.8 Å². The van der Waals surface area contributed by atoms with E-state index in [0.29, 0.717) is 11.4 Å². The summed E-state index contributed by atoms with van der Waals surface area (Å²) in [4.78, 5) is 15.4. The molecule has 1 aromatic heterocycles. The molecule has 94 valence electrons. The van der Waals surface area contributed by atoms with Gasteiger partial charge in [0.1, 0.15) is 11.4 Å². The fourth-order valence-corrected chi connectivity index (χ4v) is 1.56. The van der Waals surface area contributed by atoms with E-state index >= 15 is 0 Å². The first kappa shape index (κ1) is 13.4. The number of aliphatic hydroxyl groups excluding tert-OH is 1. The van der Waals surface area contributed by atoms with Crippen LogP contribution in [0.4, 0.5) is 5.82 Å². The maximum atomic E-state index is 11.2. The number of hydrogen-bond donors (Lipinski definition) is 3. The van der Waals surface area contributed by atoms with Gasteiger partial charge in [-0.25, -0.2) is 9.78 Å². The van der Waals surface area contributed by atoms with Crippen molar-refractivity contribution in [3.63, 3.8) is 0 Å². The van der Waals surface area contributed by atoms with Crippen molar-refractivity contribution in [3.05, 3.63) is 22.9 Å². The highest BCUT2D eigenvalue weighted by Gasteiger charge is 2.22. The van der Waals surface area contributed by atoms with Gasteiger partial charge in [-0.05, 0) is 39.3 Å². The molecule has 0 aliphatic heterocycles. The number of aliphatic hydroxyl groups is 1. The average Bonchev–Trinajstić information content (AvgIpc) is 2.14. The van der Waals surface area contributed by atoms with Crippen molar-refractivity contribution in [2.24, 2.45) is 0 Å². The summed E-state index contributed by atoms with van der Waals surface area (Å²) in [6.45, 7) is 6.97. The predicted octanol–water partition coefficient (Wildman–Crippen LogP) is 1.58. The first-order valence-electron chi connectivity index (χ1n) is 5.37. The lowest BCUT2D eigenvalue weighted by atomic mass is 10.0. The van der Waals surface area contributed by atoms with Gasteiger partial charge < -0.3 is 15.5 Å². The topological polar surface area (TPSA) is 82.5 Å². The van der Waals surface area contributed by atoms with E-state index in [1.807, 2.05) is 0 Å². The van der Waals surface area contributed by atoms with E-state index in [9.17, 15) is 9.90 Å². The van der Waals surface area contributed by atoms with Crippen LogP contribution in [0.5, 0.6) is 0 Å². The molecule has 17 heavy (non-hydrogen) atoms. The summed E-state index contributed by atoms with van der Waals surface area (Å²) in [5.41, 5.74) is 0.930. The smallest absolute Gasteiger partial charge is 0.339 e. The van der Waals surface area contributed by atoms with Crippen LogP contribution < -0.4 is 5.32 Å². The highest BCUT2D eigenvalue weighted by Crippen LogP contribution is 2.22. The zero-order valence-electron chi connectivity index (χ0n) is 10.5. The first-order valence-corrected chi connectivity index (χ1v) is 5.37. The zero-order chi connectivity index (χ0) is 13.2. The third-order valence-electron chi connectivity index (χ3n) is 2.41. The standard InChI is InChI=1S/C12H18N2O3/c1-7-5-8(2)13-10(9(7)11(16)17)14-12(3,4)6-15/h5,15H,6H2,1-4H3,(H,13,14)(H,16,17). The number of rotatable bonds is 4. The minimum absolute atomic E-state index is 0.110. The van der Waals surface area contributed by atoms with Gasteiger partial charge >= 0.3 is 5.97 Å². The van der Waals surface area contributed by atoms with Crippen molar-refractivity contribution in [2.75, 3.05) is 11.9 Å². The van der Waals surface area contributed by atoms with Crippen LogP contribution >= 0.6 is 0 Å². The average molecular weight is 238 g/mol.